The number of nitrogens with one attached hydrogen (secondary N) is 2. The maximum atomic E-state index is 12.1. The predicted molar refractivity (Wildman–Crippen MR) is 76.4 cm³/mol. The van der Waals surface area contributed by atoms with E-state index < -0.39 is 0 Å². The van der Waals surface area contributed by atoms with E-state index in [4.69, 9.17) is 0 Å². The van der Waals surface area contributed by atoms with E-state index in [1.54, 1.807) is 25.4 Å². The molecule has 1 aromatic heterocycles. The van der Waals surface area contributed by atoms with Gasteiger partial charge in [-0.2, -0.15) is 0 Å². The molecule has 1 aliphatic rings. The average Bonchev–Trinajstić information content (AvgIpc) is 2.92. The largest absolute Gasteiger partial charge is 0.373 e. The molecule has 1 saturated heterocycles. The van der Waals surface area contributed by atoms with Crippen LogP contribution < -0.4 is 10.6 Å². The second kappa shape index (κ2) is 6.52. The monoisotopic (exact) mass is 262 g/mol. The molecule has 2 N–H and O–H groups in total. The quantitative estimate of drug-likeness (QED) is 0.840. The van der Waals surface area contributed by atoms with Gasteiger partial charge in [-0.25, -0.2) is 4.98 Å². The van der Waals surface area contributed by atoms with Crippen LogP contribution in [-0.2, 0) is 0 Å². The Labute approximate surface area is 114 Å². The molecule has 0 spiro atoms. The molecule has 0 radical (unpaired) electrons. The molecule has 2 rings (SSSR count). The van der Waals surface area contributed by atoms with Crippen molar-refractivity contribution in [2.45, 2.75) is 25.8 Å². The summed E-state index contributed by atoms with van der Waals surface area (Å²) in [6.07, 6.45) is 4.05. The normalized spacial score (nSPS) is 19.4. The minimum absolute atomic E-state index is 0.0261. The number of amides is 1. The predicted octanol–water partition coefficient (Wildman–Crippen LogP) is 1.34. The lowest BCUT2D eigenvalue weighted by molar-refractivity contribution is 0.0941. The number of carbonyl (C=O) groups is 1. The molecule has 0 saturated carbocycles. The van der Waals surface area contributed by atoms with Crippen molar-refractivity contribution in [3.63, 3.8) is 0 Å². The van der Waals surface area contributed by atoms with Crippen LogP contribution >= 0.6 is 0 Å². The molecule has 1 unspecified atom stereocenters. The smallest absolute Gasteiger partial charge is 0.251 e. The number of carbonyl (C=O) groups excluding carboxylic acids is 1. The molecule has 0 aromatic carbocycles. The van der Waals surface area contributed by atoms with Crippen molar-refractivity contribution in [3.05, 3.63) is 23.9 Å². The van der Waals surface area contributed by atoms with E-state index in [0.29, 0.717) is 17.4 Å². The van der Waals surface area contributed by atoms with Crippen LogP contribution in [0.1, 0.15) is 30.1 Å². The highest BCUT2D eigenvalue weighted by Gasteiger charge is 2.23. The Morgan fingerprint density at radius 2 is 2.42 bits per heavy atom. The summed E-state index contributed by atoms with van der Waals surface area (Å²) in [7, 11) is 1.79. The Morgan fingerprint density at radius 3 is 3.16 bits per heavy atom. The Balaban J connectivity index is 1.90. The lowest BCUT2D eigenvalue weighted by Crippen LogP contribution is -2.40. The lowest BCUT2D eigenvalue weighted by Gasteiger charge is -2.22. The fraction of sp³-hybridized carbons (Fsp3) is 0.571. The summed E-state index contributed by atoms with van der Waals surface area (Å²) in [5, 5.41) is 5.96. The lowest BCUT2D eigenvalue weighted by atomic mass is 10.2. The van der Waals surface area contributed by atoms with Gasteiger partial charge in [-0.15, -0.1) is 0 Å². The highest BCUT2D eigenvalue weighted by atomic mass is 16.1. The fourth-order valence-electron chi connectivity index (χ4n) is 2.56. The molecule has 1 aromatic rings. The Kier molecular flexibility index (Phi) is 4.74. The van der Waals surface area contributed by atoms with Gasteiger partial charge in [0.1, 0.15) is 5.82 Å². The Bertz CT molecular complexity index is 435. The Morgan fingerprint density at radius 1 is 1.58 bits per heavy atom. The fourth-order valence-corrected chi connectivity index (χ4v) is 2.56. The van der Waals surface area contributed by atoms with Crippen LogP contribution in [0.3, 0.4) is 0 Å². The van der Waals surface area contributed by atoms with Gasteiger partial charge in [-0.3, -0.25) is 9.69 Å². The molecule has 104 valence electrons. The Hall–Kier alpha value is -1.62. The first-order valence-corrected chi connectivity index (χ1v) is 6.90. The summed E-state index contributed by atoms with van der Waals surface area (Å²) in [6, 6.07) is 3.99. The number of anilines is 1. The first kappa shape index (κ1) is 13.8. The van der Waals surface area contributed by atoms with Crippen molar-refractivity contribution in [3.8, 4) is 0 Å². The zero-order valence-corrected chi connectivity index (χ0v) is 11.6. The van der Waals surface area contributed by atoms with Gasteiger partial charge in [0.15, 0.2) is 0 Å². The summed E-state index contributed by atoms with van der Waals surface area (Å²) in [4.78, 5) is 18.6. The van der Waals surface area contributed by atoms with Crippen molar-refractivity contribution in [1.29, 1.82) is 0 Å². The number of aromatic nitrogens is 1. The van der Waals surface area contributed by atoms with E-state index in [1.165, 1.54) is 12.8 Å². The maximum Gasteiger partial charge on any atom is 0.251 e. The van der Waals surface area contributed by atoms with Crippen LogP contribution in [0.5, 0.6) is 0 Å². The molecule has 1 aliphatic heterocycles. The van der Waals surface area contributed by atoms with E-state index in [-0.39, 0.29) is 5.91 Å². The summed E-state index contributed by atoms with van der Waals surface area (Å²) in [5.41, 5.74) is 0.653. The van der Waals surface area contributed by atoms with Crippen LogP contribution in [0.4, 0.5) is 5.82 Å². The van der Waals surface area contributed by atoms with Crippen molar-refractivity contribution < 1.29 is 4.79 Å². The number of nitrogens with zero attached hydrogens (tertiary/aromatic N) is 2. The molecule has 5 heteroatoms. The third kappa shape index (κ3) is 3.44. The van der Waals surface area contributed by atoms with Gasteiger partial charge in [0.05, 0.1) is 0 Å². The SMILES string of the molecule is CCN1CCCC1CNC(=O)c1ccnc(NC)c1. The van der Waals surface area contributed by atoms with E-state index >= 15 is 0 Å². The number of likely N-dealkylation sites (N-methyl/N-ethyl adjacent to an activating group) is 1. The van der Waals surface area contributed by atoms with Gasteiger partial charge < -0.3 is 10.6 Å². The van der Waals surface area contributed by atoms with Crippen molar-refractivity contribution in [1.82, 2.24) is 15.2 Å². The topological polar surface area (TPSA) is 57.3 Å². The molecule has 1 fully saturated rings. The minimum atomic E-state index is -0.0261. The maximum absolute atomic E-state index is 12.1. The number of likely N-dealkylation sites (tertiary alicyclic amines) is 1. The molecule has 0 bridgehead atoms. The van der Waals surface area contributed by atoms with E-state index in [9.17, 15) is 4.79 Å². The van der Waals surface area contributed by atoms with Crippen LogP contribution in [-0.4, -0.2) is 48.5 Å². The van der Waals surface area contributed by atoms with Crippen LogP contribution in [0.2, 0.25) is 0 Å². The number of hydrogen-bond acceptors (Lipinski definition) is 4. The molecule has 2 heterocycles. The van der Waals surface area contributed by atoms with Crippen LogP contribution in [0, 0.1) is 0 Å². The molecule has 19 heavy (non-hydrogen) atoms. The molecular formula is C14H22N4O. The van der Waals surface area contributed by atoms with Crippen molar-refractivity contribution in [2.24, 2.45) is 0 Å². The molecule has 1 atom stereocenters. The number of hydrogen-bond donors (Lipinski definition) is 2. The van der Waals surface area contributed by atoms with Gasteiger partial charge >= 0.3 is 0 Å². The molecule has 5 nitrogen and oxygen atoms in total. The standard InChI is InChI=1S/C14H22N4O/c1-3-18-8-4-5-12(18)10-17-14(19)11-6-7-16-13(9-11)15-2/h6-7,9,12H,3-5,8,10H2,1-2H3,(H,15,16)(H,17,19). The van der Waals surface area contributed by atoms with Gasteiger partial charge in [-0.05, 0) is 38.1 Å². The number of rotatable bonds is 5. The van der Waals surface area contributed by atoms with E-state index in [1.807, 2.05) is 0 Å². The highest BCUT2D eigenvalue weighted by molar-refractivity contribution is 5.94. The number of pyridine rings is 1. The van der Waals surface area contributed by atoms with Gasteiger partial charge in [0, 0.05) is 31.4 Å². The molecule has 1 amide bonds. The zero-order chi connectivity index (χ0) is 13.7. The highest BCUT2D eigenvalue weighted by Crippen LogP contribution is 2.15. The molecular weight excluding hydrogens is 240 g/mol. The second-order valence-electron chi connectivity index (χ2n) is 4.81. The summed E-state index contributed by atoms with van der Waals surface area (Å²) in [6.45, 7) is 5.10. The first-order chi connectivity index (χ1) is 9.24. The summed E-state index contributed by atoms with van der Waals surface area (Å²) < 4.78 is 0. The van der Waals surface area contributed by atoms with E-state index in [0.717, 1.165) is 19.6 Å². The summed E-state index contributed by atoms with van der Waals surface area (Å²) >= 11 is 0. The third-order valence-corrected chi connectivity index (χ3v) is 3.68. The molecule has 0 aliphatic carbocycles. The van der Waals surface area contributed by atoms with E-state index in [2.05, 4.69) is 27.4 Å². The average molecular weight is 262 g/mol. The van der Waals surface area contributed by atoms with Crippen LogP contribution in [0.15, 0.2) is 18.3 Å². The minimum Gasteiger partial charge on any atom is -0.373 e. The van der Waals surface area contributed by atoms with Crippen molar-refractivity contribution in [2.75, 3.05) is 32.0 Å². The van der Waals surface area contributed by atoms with Gasteiger partial charge in [-0.1, -0.05) is 6.92 Å². The second-order valence-corrected chi connectivity index (χ2v) is 4.81. The zero-order valence-electron chi connectivity index (χ0n) is 11.6. The van der Waals surface area contributed by atoms with Crippen molar-refractivity contribution >= 4 is 11.7 Å². The van der Waals surface area contributed by atoms with Gasteiger partial charge in [0.2, 0.25) is 0 Å². The van der Waals surface area contributed by atoms with Crippen LogP contribution in [0.25, 0.3) is 0 Å². The third-order valence-electron chi connectivity index (χ3n) is 3.68. The van der Waals surface area contributed by atoms with Gasteiger partial charge in [0.25, 0.3) is 5.91 Å². The first-order valence-electron chi connectivity index (χ1n) is 6.90. The summed E-state index contributed by atoms with van der Waals surface area (Å²) in [5.74, 6) is 0.686.